The molecule has 8 nitrogen and oxygen atoms in total. The molecule has 0 unspecified atom stereocenters. The van der Waals surface area contributed by atoms with Gasteiger partial charge in [-0.1, -0.05) is 36.8 Å². The van der Waals surface area contributed by atoms with Crippen LogP contribution in [0.1, 0.15) is 44.0 Å². The number of carbonyl (C=O) groups excluding carboxylic acids is 1. The Morgan fingerprint density at radius 3 is 2.55 bits per heavy atom. The van der Waals surface area contributed by atoms with Crippen molar-refractivity contribution in [2.75, 3.05) is 18.8 Å². The van der Waals surface area contributed by atoms with Crippen LogP contribution in [0, 0.1) is 29.1 Å². The first-order valence-corrected chi connectivity index (χ1v) is 13.3. The lowest BCUT2D eigenvalue weighted by molar-refractivity contribution is -0.127. The maximum atomic E-state index is 12.0. The van der Waals surface area contributed by atoms with E-state index < -0.39 is 0 Å². The van der Waals surface area contributed by atoms with Gasteiger partial charge < -0.3 is 19.9 Å². The minimum absolute atomic E-state index is 0.0359. The molecule has 2 aromatic carbocycles. The number of likely N-dealkylation sites (tertiary alicyclic amines) is 1. The molecule has 5 rings (SSSR count). The van der Waals surface area contributed by atoms with Crippen molar-refractivity contribution >= 4 is 22.8 Å². The van der Waals surface area contributed by atoms with Gasteiger partial charge in [-0.3, -0.25) is 4.79 Å². The number of ether oxygens (including phenoxy) is 1. The smallest absolute Gasteiger partial charge is 0.245 e. The lowest BCUT2D eigenvalue weighted by Gasteiger charge is -2.28. The van der Waals surface area contributed by atoms with Crippen LogP contribution in [0.4, 0.5) is 5.82 Å². The molecule has 1 saturated heterocycles. The molecule has 0 aliphatic carbocycles. The first-order valence-electron chi connectivity index (χ1n) is 13.3. The van der Waals surface area contributed by atoms with Crippen molar-refractivity contribution in [3.63, 3.8) is 0 Å². The molecule has 1 fully saturated rings. The zero-order valence-corrected chi connectivity index (χ0v) is 22.6. The van der Waals surface area contributed by atoms with Crippen LogP contribution in [0.2, 0.25) is 0 Å². The zero-order valence-electron chi connectivity index (χ0n) is 22.6. The molecule has 0 radical (unpaired) electrons. The molecule has 0 saturated carbocycles. The number of hydrogen-bond donors (Lipinski definition) is 1. The highest BCUT2D eigenvalue weighted by atomic mass is 16.5. The average molecular weight is 531 g/mol. The maximum Gasteiger partial charge on any atom is 0.245 e. The number of benzene rings is 2. The molecule has 3 heterocycles. The van der Waals surface area contributed by atoms with Gasteiger partial charge >= 0.3 is 0 Å². The Bertz CT molecular complexity index is 1680. The molecular weight excluding hydrogens is 500 g/mol. The van der Waals surface area contributed by atoms with Crippen LogP contribution in [0.15, 0.2) is 67.5 Å². The summed E-state index contributed by atoms with van der Waals surface area (Å²) in [6, 6.07) is 17.0. The number of nitriles is 1. The van der Waals surface area contributed by atoms with Gasteiger partial charge in [-0.2, -0.15) is 5.26 Å². The summed E-state index contributed by atoms with van der Waals surface area (Å²) in [6.45, 7) is 9.11. The SMILES string of the molecule is C=CC(=O)N1CCC(C#Cc2c(-c3ccc(Oc4ccccc4C#N)cc3)c3c(N)ncnc3n2C(C)C)CC1. The van der Waals surface area contributed by atoms with Gasteiger partial charge in [0.1, 0.15) is 41.1 Å². The van der Waals surface area contributed by atoms with Gasteiger partial charge in [0.15, 0.2) is 0 Å². The molecule has 8 heteroatoms. The number of nitrogen functional groups attached to an aromatic ring is 1. The van der Waals surface area contributed by atoms with Gasteiger partial charge in [-0.05, 0) is 68.5 Å². The van der Waals surface area contributed by atoms with Crippen molar-refractivity contribution in [2.45, 2.75) is 32.7 Å². The number of fused-ring (bicyclic) bond motifs is 1. The Hall–Kier alpha value is -5.08. The monoisotopic (exact) mass is 530 g/mol. The van der Waals surface area contributed by atoms with Crippen molar-refractivity contribution in [3.8, 4) is 40.5 Å². The molecule has 40 heavy (non-hydrogen) atoms. The van der Waals surface area contributed by atoms with Crippen molar-refractivity contribution in [1.82, 2.24) is 19.4 Å². The summed E-state index contributed by atoms with van der Waals surface area (Å²) in [5, 5.41) is 10.2. The summed E-state index contributed by atoms with van der Waals surface area (Å²) in [6.07, 6.45) is 4.46. The first-order chi connectivity index (χ1) is 19.4. The summed E-state index contributed by atoms with van der Waals surface area (Å²) in [7, 11) is 0. The number of piperidine rings is 1. The number of nitrogens with zero attached hydrogens (tertiary/aromatic N) is 5. The molecular formula is C32H30N6O2. The Kier molecular flexibility index (Phi) is 7.52. The Morgan fingerprint density at radius 1 is 1.15 bits per heavy atom. The van der Waals surface area contributed by atoms with Crippen LogP contribution in [0.5, 0.6) is 11.5 Å². The maximum absolute atomic E-state index is 12.0. The topological polar surface area (TPSA) is 110 Å². The van der Waals surface area contributed by atoms with Crippen molar-refractivity contribution in [1.29, 1.82) is 5.26 Å². The van der Waals surface area contributed by atoms with E-state index in [4.69, 9.17) is 10.5 Å². The van der Waals surface area contributed by atoms with E-state index in [-0.39, 0.29) is 17.9 Å². The van der Waals surface area contributed by atoms with Crippen molar-refractivity contribution in [3.05, 3.63) is 78.8 Å². The normalized spacial score (nSPS) is 13.5. The molecule has 200 valence electrons. The van der Waals surface area contributed by atoms with Crippen molar-refractivity contribution in [2.24, 2.45) is 5.92 Å². The second-order valence-corrected chi connectivity index (χ2v) is 9.95. The van der Waals surface area contributed by atoms with Gasteiger partial charge in [0, 0.05) is 30.6 Å². The van der Waals surface area contributed by atoms with E-state index in [0.717, 1.165) is 40.7 Å². The van der Waals surface area contributed by atoms with Gasteiger partial charge in [0.05, 0.1) is 10.9 Å². The number of aromatic nitrogens is 3. The third-order valence-electron chi connectivity index (χ3n) is 7.08. The van der Waals surface area contributed by atoms with Gasteiger partial charge in [0.25, 0.3) is 0 Å². The molecule has 1 aliphatic heterocycles. The number of rotatable bonds is 5. The number of carbonyl (C=O) groups is 1. The molecule has 4 aromatic rings. The van der Waals surface area contributed by atoms with Crippen LogP contribution in [0.25, 0.3) is 22.2 Å². The lowest BCUT2D eigenvalue weighted by Crippen LogP contribution is -2.37. The molecule has 2 N–H and O–H groups in total. The van der Waals surface area contributed by atoms with E-state index in [1.165, 1.54) is 12.4 Å². The first kappa shape index (κ1) is 26.5. The van der Waals surface area contributed by atoms with Crippen molar-refractivity contribution < 1.29 is 9.53 Å². The molecule has 0 spiro atoms. The Labute approximate surface area is 233 Å². The molecule has 1 aliphatic rings. The van der Waals surface area contributed by atoms with Gasteiger partial charge in [-0.15, -0.1) is 0 Å². The molecule has 0 bridgehead atoms. The average Bonchev–Trinajstić information content (AvgIpc) is 3.32. The summed E-state index contributed by atoms with van der Waals surface area (Å²) in [5.74, 6) is 8.58. The predicted octanol–water partition coefficient (Wildman–Crippen LogP) is 5.70. The van der Waals surface area contributed by atoms with E-state index in [1.807, 2.05) is 35.2 Å². The van der Waals surface area contributed by atoms with Gasteiger partial charge in [-0.25, -0.2) is 9.97 Å². The van der Waals surface area contributed by atoms with Crippen LogP contribution in [-0.4, -0.2) is 38.4 Å². The molecule has 2 aromatic heterocycles. The number of para-hydroxylation sites is 1. The van der Waals surface area contributed by atoms with E-state index >= 15 is 0 Å². The summed E-state index contributed by atoms with van der Waals surface area (Å²) in [5.41, 5.74) is 10.2. The zero-order chi connectivity index (χ0) is 28.2. The largest absolute Gasteiger partial charge is 0.456 e. The number of anilines is 1. The summed E-state index contributed by atoms with van der Waals surface area (Å²) in [4.78, 5) is 22.7. The van der Waals surface area contributed by atoms with E-state index in [0.29, 0.717) is 36.0 Å². The second kappa shape index (κ2) is 11.3. The van der Waals surface area contributed by atoms with E-state index in [2.05, 4.69) is 52.9 Å². The quantitative estimate of drug-likeness (QED) is 0.262. The van der Waals surface area contributed by atoms with Crippen LogP contribution < -0.4 is 10.5 Å². The van der Waals surface area contributed by atoms with Crippen LogP contribution in [0.3, 0.4) is 0 Å². The molecule has 0 atom stereocenters. The third-order valence-corrected chi connectivity index (χ3v) is 7.08. The third kappa shape index (κ3) is 5.12. The number of hydrogen-bond acceptors (Lipinski definition) is 6. The fourth-order valence-corrected chi connectivity index (χ4v) is 5.07. The van der Waals surface area contributed by atoms with Crippen LogP contribution in [-0.2, 0) is 4.79 Å². The van der Waals surface area contributed by atoms with E-state index in [9.17, 15) is 10.1 Å². The fraction of sp³-hybridized carbons (Fsp3) is 0.250. The fourth-order valence-electron chi connectivity index (χ4n) is 5.07. The number of amides is 1. The predicted molar refractivity (Wildman–Crippen MR) is 155 cm³/mol. The standard InChI is InChI=1S/C32H30N6O2/c1-4-28(39)37-17-15-22(16-18-37)9-14-26-29(30-31(34)35-20-36-32(30)38(26)21(2)3)23-10-12-25(13-11-23)40-27-8-6-5-7-24(27)19-33/h4-8,10-13,20-22H,1,15-18H2,2-3H3,(H2,34,35,36). The Balaban J connectivity index is 1.55. The number of nitrogens with two attached hydrogens (primary N) is 1. The minimum atomic E-state index is -0.0359. The molecule has 1 amide bonds. The highest BCUT2D eigenvalue weighted by Gasteiger charge is 2.24. The van der Waals surface area contributed by atoms with E-state index in [1.54, 1.807) is 18.2 Å². The second-order valence-electron chi connectivity index (χ2n) is 9.95. The highest BCUT2D eigenvalue weighted by Crippen LogP contribution is 2.39. The van der Waals surface area contributed by atoms with Gasteiger partial charge in [0.2, 0.25) is 5.91 Å². The Morgan fingerprint density at radius 2 is 1.88 bits per heavy atom. The van der Waals surface area contributed by atoms with Crippen LogP contribution >= 0.6 is 0 Å². The minimum Gasteiger partial charge on any atom is -0.456 e. The summed E-state index contributed by atoms with van der Waals surface area (Å²) < 4.78 is 8.11. The highest BCUT2D eigenvalue weighted by molar-refractivity contribution is 6.03. The lowest BCUT2D eigenvalue weighted by atomic mass is 9.96. The summed E-state index contributed by atoms with van der Waals surface area (Å²) >= 11 is 0.